The fourth-order valence-corrected chi connectivity index (χ4v) is 4.12. The average Bonchev–Trinajstić information content (AvgIpc) is 3.41. The van der Waals surface area contributed by atoms with E-state index in [2.05, 4.69) is 20.4 Å². The maximum Gasteiger partial charge on any atom is 0.251 e. The lowest BCUT2D eigenvalue weighted by Gasteiger charge is -2.35. The summed E-state index contributed by atoms with van der Waals surface area (Å²) in [7, 11) is 0. The zero-order valence-electron chi connectivity index (χ0n) is 19.1. The summed E-state index contributed by atoms with van der Waals surface area (Å²) in [6, 6.07) is 23.0. The first-order valence-corrected chi connectivity index (χ1v) is 11.5. The Morgan fingerprint density at radius 1 is 0.886 bits per heavy atom. The van der Waals surface area contributed by atoms with Crippen molar-refractivity contribution in [1.29, 1.82) is 0 Å². The van der Waals surface area contributed by atoms with Crippen LogP contribution in [0.2, 0.25) is 0 Å². The number of carbonyl (C=O) groups is 1. The highest BCUT2D eigenvalue weighted by molar-refractivity contribution is 5.94. The monoisotopic (exact) mass is 472 g/mol. The van der Waals surface area contributed by atoms with Gasteiger partial charge in [-0.3, -0.25) is 9.69 Å². The quantitative estimate of drug-likeness (QED) is 0.431. The van der Waals surface area contributed by atoms with Crippen molar-refractivity contribution in [3.8, 4) is 22.9 Å². The first-order chi connectivity index (χ1) is 17.2. The predicted octanol–water partition coefficient (Wildman–Crippen LogP) is 4.35. The smallest absolute Gasteiger partial charge is 0.251 e. The van der Waals surface area contributed by atoms with Crippen molar-refractivity contribution in [2.24, 2.45) is 0 Å². The van der Waals surface area contributed by atoms with E-state index in [9.17, 15) is 9.18 Å². The van der Waals surface area contributed by atoms with Crippen LogP contribution in [-0.2, 0) is 4.74 Å². The summed E-state index contributed by atoms with van der Waals surface area (Å²) in [5, 5.41) is 11.3. The summed E-state index contributed by atoms with van der Waals surface area (Å²) in [6.45, 7) is 3.17. The highest BCUT2D eigenvalue weighted by atomic mass is 19.1. The van der Waals surface area contributed by atoms with Crippen molar-refractivity contribution in [2.75, 3.05) is 32.8 Å². The Labute approximate surface area is 202 Å². The van der Waals surface area contributed by atoms with E-state index in [1.54, 1.807) is 36.4 Å². The molecular formula is C27H25FN4O3. The summed E-state index contributed by atoms with van der Waals surface area (Å²) in [5.74, 6) is 0.361. The Morgan fingerprint density at radius 3 is 2.17 bits per heavy atom. The molecule has 1 aliphatic rings. The van der Waals surface area contributed by atoms with Crippen LogP contribution in [0.15, 0.2) is 83.3 Å². The summed E-state index contributed by atoms with van der Waals surface area (Å²) < 4.78 is 24.7. The summed E-state index contributed by atoms with van der Waals surface area (Å²) >= 11 is 0. The molecule has 1 amide bonds. The standard InChI is InChI=1S/C27H25FN4O3/c28-23-12-10-19(11-13-23)24(32-14-16-34-17-15-32)18-29-25(33)20-6-8-22(9-7-20)27-31-30-26(35-27)21-4-2-1-3-5-21/h1-13,24H,14-18H2,(H,29,33). The van der Waals surface area contributed by atoms with Crippen LogP contribution in [0.3, 0.4) is 0 Å². The molecule has 1 N–H and O–H groups in total. The molecule has 0 radical (unpaired) electrons. The average molecular weight is 473 g/mol. The molecule has 1 unspecified atom stereocenters. The Hall–Kier alpha value is -3.88. The second kappa shape index (κ2) is 10.6. The van der Waals surface area contributed by atoms with E-state index < -0.39 is 0 Å². The number of amides is 1. The molecule has 3 aromatic carbocycles. The van der Waals surface area contributed by atoms with Crippen LogP contribution >= 0.6 is 0 Å². The van der Waals surface area contributed by atoms with Crippen LogP contribution in [-0.4, -0.2) is 53.9 Å². The number of hydrogen-bond donors (Lipinski definition) is 1. The van der Waals surface area contributed by atoms with Gasteiger partial charge in [0.1, 0.15) is 5.82 Å². The maximum absolute atomic E-state index is 13.5. The summed E-state index contributed by atoms with van der Waals surface area (Å²) in [5.41, 5.74) is 3.05. The highest BCUT2D eigenvalue weighted by Gasteiger charge is 2.23. The zero-order chi connectivity index (χ0) is 24.0. The Morgan fingerprint density at radius 2 is 1.51 bits per heavy atom. The van der Waals surface area contributed by atoms with Crippen LogP contribution in [0.1, 0.15) is 22.0 Å². The van der Waals surface area contributed by atoms with Gasteiger partial charge in [0.15, 0.2) is 0 Å². The van der Waals surface area contributed by atoms with Gasteiger partial charge >= 0.3 is 0 Å². The molecule has 35 heavy (non-hydrogen) atoms. The maximum atomic E-state index is 13.5. The van der Waals surface area contributed by atoms with Gasteiger partial charge in [0.05, 0.1) is 19.3 Å². The molecule has 0 saturated carbocycles. The van der Waals surface area contributed by atoms with Crippen LogP contribution < -0.4 is 5.32 Å². The topological polar surface area (TPSA) is 80.5 Å². The lowest BCUT2D eigenvalue weighted by atomic mass is 10.0. The molecule has 1 atom stereocenters. The Kier molecular flexibility index (Phi) is 6.92. The number of carbonyl (C=O) groups excluding carboxylic acids is 1. The molecule has 178 valence electrons. The highest BCUT2D eigenvalue weighted by Crippen LogP contribution is 2.25. The van der Waals surface area contributed by atoms with Crippen molar-refractivity contribution in [3.63, 3.8) is 0 Å². The number of hydrogen-bond acceptors (Lipinski definition) is 6. The first kappa shape index (κ1) is 22.9. The van der Waals surface area contributed by atoms with Gasteiger partial charge in [-0.25, -0.2) is 4.39 Å². The third-order valence-corrected chi connectivity index (χ3v) is 6.04. The molecular weight excluding hydrogens is 447 g/mol. The van der Waals surface area contributed by atoms with Crippen molar-refractivity contribution in [2.45, 2.75) is 6.04 Å². The van der Waals surface area contributed by atoms with Crippen LogP contribution in [0.5, 0.6) is 0 Å². The van der Waals surface area contributed by atoms with Crippen LogP contribution in [0, 0.1) is 5.82 Å². The van der Waals surface area contributed by atoms with Gasteiger partial charge in [0, 0.05) is 36.3 Å². The molecule has 4 aromatic rings. The minimum Gasteiger partial charge on any atom is -0.416 e. The summed E-state index contributed by atoms with van der Waals surface area (Å²) in [4.78, 5) is 15.1. The molecule has 0 bridgehead atoms. The lowest BCUT2D eigenvalue weighted by molar-refractivity contribution is 0.0162. The van der Waals surface area contributed by atoms with Crippen molar-refractivity contribution < 1.29 is 18.3 Å². The molecule has 1 saturated heterocycles. The Bertz CT molecular complexity index is 1250. The predicted molar refractivity (Wildman–Crippen MR) is 129 cm³/mol. The largest absolute Gasteiger partial charge is 0.416 e. The lowest BCUT2D eigenvalue weighted by Crippen LogP contribution is -2.43. The van der Waals surface area contributed by atoms with Gasteiger partial charge in [-0.15, -0.1) is 10.2 Å². The van der Waals surface area contributed by atoms with Gasteiger partial charge in [0.2, 0.25) is 11.8 Å². The van der Waals surface area contributed by atoms with Gasteiger partial charge in [-0.1, -0.05) is 30.3 Å². The molecule has 5 rings (SSSR count). The van der Waals surface area contributed by atoms with Crippen molar-refractivity contribution in [1.82, 2.24) is 20.4 Å². The van der Waals surface area contributed by atoms with Crippen molar-refractivity contribution >= 4 is 5.91 Å². The number of aromatic nitrogens is 2. The SMILES string of the molecule is O=C(NCC(c1ccc(F)cc1)N1CCOCC1)c1ccc(-c2nnc(-c3ccccc3)o2)cc1. The van der Waals surface area contributed by atoms with E-state index >= 15 is 0 Å². The first-order valence-electron chi connectivity index (χ1n) is 11.5. The molecule has 7 nitrogen and oxygen atoms in total. The number of halogens is 1. The van der Waals surface area contributed by atoms with Gasteiger partial charge in [-0.2, -0.15) is 0 Å². The zero-order valence-corrected chi connectivity index (χ0v) is 19.1. The number of nitrogens with zero attached hydrogens (tertiary/aromatic N) is 3. The second-order valence-electron chi connectivity index (χ2n) is 8.28. The van der Waals surface area contributed by atoms with E-state index in [1.807, 2.05) is 30.3 Å². The number of benzene rings is 3. The van der Waals surface area contributed by atoms with E-state index in [4.69, 9.17) is 9.15 Å². The molecule has 0 spiro atoms. The Balaban J connectivity index is 1.26. The second-order valence-corrected chi connectivity index (χ2v) is 8.28. The number of ether oxygens (including phenoxy) is 1. The number of morpholine rings is 1. The molecule has 2 heterocycles. The van der Waals surface area contributed by atoms with E-state index in [0.717, 1.165) is 29.8 Å². The van der Waals surface area contributed by atoms with Gasteiger partial charge in [0.25, 0.3) is 5.91 Å². The van der Waals surface area contributed by atoms with E-state index in [-0.39, 0.29) is 17.8 Å². The number of nitrogens with one attached hydrogen (secondary N) is 1. The summed E-state index contributed by atoms with van der Waals surface area (Å²) in [6.07, 6.45) is 0. The number of rotatable bonds is 7. The molecule has 8 heteroatoms. The van der Waals surface area contributed by atoms with Crippen molar-refractivity contribution in [3.05, 3.63) is 95.8 Å². The normalized spacial score (nSPS) is 15.0. The van der Waals surface area contributed by atoms with Gasteiger partial charge in [-0.05, 0) is 54.1 Å². The van der Waals surface area contributed by atoms with E-state index in [0.29, 0.717) is 37.1 Å². The fraction of sp³-hybridized carbons (Fsp3) is 0.222. The molecule has 0 aliphatic carbocycles. The molecule has 1 aromatic heterocycles. The third-order valence-electron chi connectivity index (χ3n) is 6.04. The molecule has 1 aliphatic heterocycles. The third kappa shape index (κ3) is 5.45. The minimum atomic E-state index is -0.282. The fourth-order valence-electron chi connectivity index (χ4n) is 4.12. The minimum absolute atomic E-state index is 0.0717. The van der Waals surface area contributed by atoms with E-state index in [1.165, 1.54) is 12.1 Å². The van der Waals surface area contributed by atoms with Crippen LogP contribution in [0.4, 0.5) is 4.39 Å². The van der Waals surface area contributed by atoms with Gasteiger partial charge < -0.3 is 14.5 Å². The van der Waals surface area contributed by atoms with Crippen LogP contribution in [0.25, 0.3) is 22.9 Å². The molecule has 1 fully saturated rings.